The van der Waals surface area contributed by atoms with E-state index in [1.807, 2.05) is 43.3 Å². The van der Waals surface area contributed by atoms with Crippen LogP contribution in [0.2, 0.25) is 0 Å². The summed E-state index contributed by atoms with van der Waals surface area (Å²) < 4.78 is 19.3. The lowest BCUT2D eigenvalue weighted by Gasteiger charge is -2.32. The van der Waals surface area contributed by atoms with Crippen LogP contribution in [0.25, 0.3) is 6.08 Å². The normalized spacial score (nSPS) is 18.2. The number of methoxy groups -OCH3 is 1. The Morgan fingerprint density at radius 3 is 2.64 bits per heavy atom. The SMILES string of the molecule is CCCC1=C(C(=O)OCC)C(c2ccccc2OC)n2c(sc(=Cc3ccc(N4CCN(C)CC4)o3)c2=O)=N1. The average molecular weight is 551 g/mol. The lowest BCUT2D eigenvalue weighted by atomic mass is 9.93. The van der Waals surface area contributed by atoms with Crippen molar-refractivity contribution in [3.05, 3.63) is 78.7 Å². The largest absolute Gasteiger partial charge is 0.496 e. The van der Waals surface area contributed by atoms with Crippen molar-refractivity contribution in [1.82, 2.24) is 9.47 Å². The third-order valence-corrected chi connectivity index (χ3v) is 8.01. The Labute approximate surface area is 231 Å². The molecule has 39 heavy (non-hydrogen) atoms. The molecule has 1 unspecified atom stereocenters. The van der Waals surface area contributed by atoms with Crippen molar-refractivity contribution in [3.63, 3.8) is 0 Å². The van der Waals surface area contributed by atoms with Gasteiger partial charge in [-0.3, -0.25) is 9.36 Å². The van der Waals surface area contributed by atoms with E-state index in [1.165, 1.54) is 11.3 Å². The molecule has 206 valence electrons. The van der Waals surface area contributed by atoms with E-state index < -0.39 is 12.0 Å². The molecule has 0 N–H and O–H groups in total. The minimum absolute atomic E-state index is 0.221. The molecule has 3 aromatic rings. The zero-order valence-corrected chi connectivity index (χ0v) is 23.6. The van der Waals surface area contributed by atoms with Crippen LogP contribution in [-0.4, -0.2) is 62.4 Å². The second kappa shape index (κ2) is 11.6. The Hall–Kier alpha value is -3.63. The molecule has 1 aromatic carbocycles. The molecule has 0 amide bonds. The molecule has 0 saturated carbocycles. The van der Waals surface area contributed by atoms with E-state index >= 15 is 0 Å². The van der Waals surface area contributed by atoms with Crippen LogP contribution in [0.5, 0.6) is 5.75 Å². The number of aromatic nitrogens is 1. The third kappa shape index (κ3) is 5.31. The number of carbonyl (C=O) groups is 1. The maximum atomic E-state index is 13.9. The summed E-state index contributed by atoms with van der Waals surface area (Å²) in [6.07, 6.45) is 3.13. The molecule has 1 saturated heterocycles. The van der Waals surface area contributed by atoms with Gasteiger partial charge in [0.25, 0.3) is 5.56 Å². The van der Waals surface area contributed by atoms with Crippen molar-refractivity contribution in [3.8, 4) is 5.75 Å². The Balaban J connectivity index is 1.64. The van der Waals surface area contributed by atoms with Crippen molar-refractivity contribution in [2.45, 2.75) is 32.7 Å². The molecule has 0 spiro atoms. The van der Waals surface area contributed by atoms with Crippen molar-refractivity contribution < 1.29 is 18.7 Å². The monoisotopic (exact) mass is 550 g/mol. The molecule has 2 aromatic heterocycles. The fourth-order valence-electron chi connectivity index (χ4n) is 5.05. The lowest BCUT2D eigenvalue weighted by molar-refractivity contribution is -0.139. The standard InChI is InChI=1S/C29H34N4O5S/c1-5-9-21-25(28(35)37-6-2)26(20-10-7-8-11-22(20)36-4)33-27(34)23(39-29(33)30-21)18-19-12-13-24(38-19)32-16-14-31(3)15-17-32/h7-8,10-13,18,26H,5-6,9,14-17H2,1-4H3. The number of para-hydroxylation sites is 1. The first-order valence-electron chi connectivity index (χ1n) is 13.3. The molecular weight excluding hydrogens is 516 g/mol. The fourth-order valence-corrected chi connectivity index (χ4v) is 6.05. The molecule has 2 aliphatic heterocycles. The maximum Gasteiger partial charge on any atom is 0.338 e. The average Bonchev–Trinajstić information content (AvgIpc) is 3.53. The number of fused-ring (bicyclic) bond motifs is 1. The van der Waals surface area contributed by atoms with Gasteiger partial charge in [0.1, 0.15) is 17.6 Å². The third-order valence-electron chi connectivity index (χ3n) is 7.03. The number of likely N-dealkylation sites (N-methyl/N-ethyl adjacent to an activating group) is 1. The molecule has 1 atom stereocenters. The second-order valence-corrected chi connectivity index (χ2v) is 10.6. The van der Waals surface area contributed by atoms with E-state index in [0.29, 0.717) is 44.1 Å². The highest BCUT2D eigenvalue weighted by Crippen LogP contribution is 2.36. The predicted octanol–water partition coefficient (Wildman–Crippen LogP) is 2.93. The summed E-state index contributed by atoms with van der Waals surface area (Å²) in [5.41, 5.74) is 1.46. The van der Waals surface area contributed by atoms with Gasteiger partial charge in [-0.25, -0.2) is 9.79 Å². The molecular formula is C29H34N4O5S. The molecule has 0 radical (unpaired) electrons. The van der Waals surface area contributed by atoms with Crippen molar-refractivity contribution in [2.75, 3.05) is 51.8 Å². The van der Waals surface area contributed by atoms with E-state index in [2.05, 4.69) is 16.8 Å². The van der Waals surface area contributed by atoms with Gasteiger partial charge in [0, 0.05) is 43.9 Å². The van der Waals surface area contributed by atoms with Crippen molar-refractivity contribution >= 4 is 29.3 Å². The van der Waals surface area contributed by atoms with Crippen LogP contribution in [0.4, 0.5) is 5.88 Å². The van der Waals surface area contributed by atoms with E-state index in [9.17, 15) is 9.59 Å². The van der Waals surface area contributed by atoms with Crippen molar-refractivity contribution in [2.24, 2.45) is 4.99 Å². The zero-order chi connectivity index (χ0) is 27.5. The summed E-state index contributed by atoms with van der Waals surface area (Å²) in [6.45, 7) is 7.75. The van der Waals surface area contributed by atoms with Crippen LogP contribution < -0.4 is 24.5 Å². The first-order chi connectivity index (χ1) is 18.9. The van der Waals surface area contributed by atoms with Gasteiger partial charge in [-0.15, -0.1) is 0 Å². The van der Waals surface area contributed by atoms with E-state index in [4.69, 9.17) is 18.9 Å². The van der Waals surface area contributed by atoms with E-state index in [0.717, 1.165) is 38.5 Å². The molecule has 5 rings (SSSR count). The number of anilines is 1. The summed E-state index contributed by atoms with van der Waals surface area (Å²) >= 11 is 1.29. The van der Waals surface area contributed by atoms with E-state index in [-0.39, 0.29) is 12.2 Å². The second-order valence-electron chi connectivity index (χ2n) is 9.62. The van der Waals surface area contributed by atoms with Crippen LogP contribution in [0.15, 0.2) is 61.9 Å². The number of hydrogen-bond donors (Lipinski definition) is 0. The number of benzene rings is 1. The first kappa shape index (κ1) is 27.0. The number of hydrogen-bond acceptors (Lipinski definition) is 9. The highest BCUT2D eigenvalue weighted by molar-refractivity contribution is 7.07. The van der Waals surface area contributed by atoms with Gasteiger partial charge in [-0.1, -0.05) is 42.9 Å². The molecule has 4 heterocycles. The van der Waals surface area contributed by atoms with Crippen LogP contribution in [0.3, 0.4) is 0 Å². The Morgan fingerprint density at radius 1 is 1.15 bits per heavy atom. The molecule has 2 aliphatic rings. The molecule has 1 fully saturated rings. The number of piperazine rings is 1. The van der Waals surface area contributed by atoms with Gasteiger partial charge in [0.2, 0.25) is 0 Å². The number of nitrogens with zero attached hydrogens (tertiary/aromatic N) is 4. The van der Waals surface area contributed by atoms with Crippen LogP contribution in [0.1, 0.15) is 44.1 Å². The van der Waals surface area contributed by atoms with E-state index in [1.54, 1.807) is 24.7 Å². The minimum Gasteiger partial charge on any atom is -0.496 e. The van der Waals surface area contributed by atoms with Gasteiger partial charge in [-0.2, -0.15) is 0 Å². The van der Waals surface area contributed by atoms with Crippen LogP contribution in [0, 0.1) is 0 Å². The number of rotatable bonds is 8. The maximum absolute atomic E-state index is 13.9. The quantitative estimate of drug-likeness (QED) is 0.399. The molecule has 10 heteroatoms. The van der Waals surface area contributed by atoms with Gasteiger partial charge in [0.05, 0.1) is 29.5 Å². The fraction of sp³-hybridized carbons (Fsp3) is 0.414. The van der Waals surface area contributed by atoms with Crippen LogP contribution >= 0.6 is 11.3 Å². The zero-order valence-electron chi connectivity index (χ0n) is 22.8. The molecule has 0 bridgehead atoms. The number of ether oxygens (including phenoxy) is 2. The summed E-state index contributed by atoms with van der Waals surface area (Å²) in [5, 5.41) is 0. The van der Waals surface area contributed by atoms with Crippen molar-refractivity contribution in [1.29, 1.82) is 0 Å². The Morgan fingerprint density at radius 2 is 1.92 bits per heavy atom. The van der Waals surface area contributed by atoms with Gasteiger partial charge in [-0.05, 0) is 32.5 Å². The highest BCUT2D eigenvalue weighted by atomic mass is 32.1. The summed E-state index contributed by atoms with van der Waals surface area (Å²) in [5.74, 6) is 1.50. The minimum atomic E-state index is -0.724. The Bertz CT molecular complexity index is 1560. The predicted molar refractivity (Wildman–Crippen MR) is 151 cm³/mol. The summed E-state index contributed by atoms with van der Waals surface area (Å²) in [7, 11) is 3.69. The lowest BCUT2D eigenvalue weighted by Crippen LogP contribution is -2.44. The molecule has 9 nitrogen and oxygen atoms in total. The first-order valence-corrected chi connectivity index (χ1v) is 14.1. The number of esters is 1. The van der Waals surface area contributed by atoms with Gasteiger partial charge in [0.15, 0.2) is 10.7 Å². The highest BCUT2D eigenvalue weighted by Gasteiger charge is 2.35. The smallest absolute Gasteiger partial charge is 0.338 e. The van der Waals surface area contributed by atoms with Gasteiger partial charge < -0.3 is 23.7 Å². The van der Waals surface area contributed by atoms with Gasteiger partial charge >= 0.3 is 5.97 Å². The number of thiazole rings is 1. The topological polar surface area (TPSA) is 89.5 Å². The molecule has 0 aliphatic carbocycles. The number of allylic oxidation sites excluding steroid dienone is 1. The number of carbonyl (C=O) groups excluding carboxylic acids is 1. The Kier molecular flexibility index (Phi) is 8.04. The number of furan rings is 1. The summed E-state index contributed by atoms with van der Waals surface area (Å²) in [6, 6.07) is 10.6. The summed E-state index contributed by atoms with van der Waals surface area (Å²) in [4.78, 5) is 37.1. The van der Waals surface area contributed by atoms with Crippen LogP contribution in [-0.2, 0) is 9.53 Å².